The summed E-state index contributed by atoms with van der Waals surface area (Å²) < 4.78 is 1.90. The van der Waals surface area contributed by atoms with Crippen LogP contribution < -0.4 is 10.2 Å². The van der Waals surface area contributed by atoms with Gasteiger partial charge in [0.15, 0.2) is 0 Å². The first kappa shape index (κ1) is 13.8. The number of fused-ring (bicyclic) bond motifs is 1. The van der Waals surface area contributed by atoms with Gasteiger partial charge in [0.1, 0.15) is 0 Å². The Bertz CT molecular complexity index is 623. The first-order chi connectivity index (χ1) is 10.1. The predicted octanol–water partition coefficient (Wildman–Crippen LogP) is 1.97. The van der Waals surface area contributed by atoms with Gasteiger partial charge in [0.25, 0.3) is 0 Å². The molecule has 0 spiro atoms. The van der Waals surface area contributed by atoms with Gasteiger partial charge in [-0.3, -0.25) is 9.48 Å². The van der Waals surface area contributed by atoms with Gasteiger partial charge in [-0.05, 0) is 24.6 Å². The van der Waals surface area contributed by atoms with Crippen LogP contribution in [-0.2, 0) is 11.3 Å². The fourth-order valence-electron chi connectivity index (χ4n) is 2.88. The first-order valence-corrected chi connectivity index (χ1v) is 7.24. The van der Waals surface area contributed by atoms with Crippen LogP contribution >= 0.6 is 0 Å². The number of nitrogens with zero attached hydrogens (tertiary/aromatic N) is 3. The molecule has 2 aromatic rings. The second-order valence-electron chi connectivity index (χ2n) is 5.56. The molecule has 2 heterocycles. The van der Waals surface area contributed by atoms with E-state index in [9.17, 15) is 4.79 Å². The number of para-hydroxylation sites is 1. The van der Waals surface area contributed by atoms with Crippen LogP contribution in [0.2, 0.25) is 0 Å². The highest BCUT2D eigenvalue weighted by Gasteiger charge is 2.29. The highest BCUT2D eigenvalue weighted by Crippen LogP contribution is 2.33. The third-order valence-corrected chi connectivity index (χ3v) is 3.93. The van der Waals surface area contributed by atoms with Gasteiger partial charge in [0, 0.05) is 43.6 Å². The fraction of sp³-hybridized carbons (Fsp3) is 0.375. The lowest BCUT2D eigenvalue weighted by Crippen LogP contribution is -2.41. The molecule has 0 saturated heterocycles. The number of nitrogens with one attached hydrogen (secondary N) is 1. The van der Waals surface area contributed by atoms with Crippen molar-refractivity contribution in [3.63, 3.8) is 0 Å². The van der Waals surface area contributed by atoms with Crippen molar-refractivity contribution in [3.05, 3.63) is 48.3 Å². The highest BCUT2D eigenvalue weighted by molar-refractivity contribution is 5.96. The van der Waals surface area contributed by atoms with E-state index in [1.165, 1.54) is 5.56 Å². The summed E-state index contributed by atoms with van der Waals surface area (Å²) in [7, 11) is 1.84. The van der Waals surface area contributed by atoms with Crippen molar-refractivity contribution in [2.24, 2.45) is 0 Å². The molecule has 0 radical (unpaired) electrons. The van der Waals surface area contributed by atoms with Crippen molar-refractivity contribution in [3.8, 4) is 0 Å². The average Bonchev–Trinajstić information content (AvgIpc) is 2.97. The van der Waals surface area contributed by atoms with Crippen LogP contribution in [0.5, 0.6) is 0 Å². The number of carbonyl (C=O) groups is 1. The maximum absolute atomic E-state index is 12.1. The lowest BCUT2D eigenvalue weighted by Gasteiger charge is -2.33. The second kappa shape index (κ2) is 5.69. The third kappa shape index (κ3) is 2.83. The zero-order chi connectivity index (χ0) is 14.8. The number of hydrogen-bond donors (Lipinski definition) is 1. The summed E-state index contributed by atoms with van der Waals surface area (Å²) in [6, 6.07) is 10.3. The molecule has 2 unspecified atom stereocenters. The molecule has 1 amide bonds. The number of anilines is 1. The highest BCUT2D eigenvalue weighted by atomic mass is 16.2. The van der Waals surface area contributed by atoms with Crippen molar-refractivity contribution in [1.29, 1.82) is 0 Å². The van der Waals surface area contributed by atoms with Crippen LogP contribution in [0.25, 0.3) is 0 Å². The van der Waals surface area contributed by atoms with E-state index in [0.29, 0.717) is 6.42 Å². The monoisotopic (exact) mass is 284 g/mol. The number of benzene rings is 1. The van der Waals surface area contributed by atoms with E-state index in [4.69, 9.17) is 0 Å². The molecule has 0 aliphatic carbocycles. The number of hydrogen-bond acceptors (Lipinski definition) is 3. The average molecular weight is 284 g/mol. The van der Waals surface area contributed by atoms with Gasteiger partial charge < -0.3 is 10.2 Å². The molecule has 2 atom stereocenters. The normalized spacial score (nSPS) is 19.4. The molecule has 1 aromatic carbocycles. The molecule has 0 saturated carbocycles. The maximum atomic E-state index is 12.1. The van der Waals surface area contributed by atoms with Crippen LogP contribution in [0, 0.1) is 0 Å². The van der Waals surface area contributed by atoms with Crippen molar-refractivity contribution >= 4 is 11.6 Å². The van der Waals surface area contributed by atoms with E-state index >= 15 is 0 Å². The molecule has 5 heteroatoms. The Morgan fingerprint density at radius 1 is 1.38 bits per heavy atom. The van der Waals surface area contributed by atoms with Crippen LogP contribution in [0.4, 0.5) is 5.69 Å². The Hall–Kier alpha value is -2.14. The minimum Gasteiger partial charge on any atom is -0.315 e. The SMILES string of the molecule is CC(Cn1cccn1)NC1CC(=O)N(C)c2ccccc21. The Balaban J connectivity index is 1.76. The second-order valence-corrected chi connectivity index (χ2v) is 5.56. The quantitative estimate of drug-likeness (QED) is 0.934. The van der Waals surface area contributed by atoms with E-state index < -0.39 is 0 Å². The molecule has 0 bridgehead atoms. The molecule has 1 N–H and O–H groups in total. The van der Waals surface area contributed by atoms with Crippen molar-refractivity contribution < 1.29 is 4.79 Å². The minimum atomic E-state index is 0.0652. The molecule has 110 valence electrons. The first-order valence-electron chi connectivity index (χ1n) is 7.24. The summed E-state index contributed by atoms with van der Waals surface area (Å²) in [5.74, 6) is 0.150. The number of carbonyl (C=O) groups excluding carboxylic acids is 1. The van der Waals surface area contributed by atoms with Crippen molar-refractivity contribution in [2.75, 3.05) is 11.9 Å². The van der Waals surface area contributed by atoms with E-state index in [0.717, 1.165) is 12.2 Å². The Kier molecular flexibility index (Phi) is 3.75. The summed E-state index contributed by atoms with van der Waals surface area (Å²) in [6.45, 7) is 2.91. The van der Waals surface area contributed by atoms with Gasteiger partial charge in [0.05, 0.1) is 6.54 Å². The fourth-order valence-corrected chi connectivity index (χ4v) is 2.88. The van der Waals surface area contributed by atoms with E-state index in [2.05, 4.69) is 23.4 Å². The topological polar surface area (TPSA) is 50.2 Å². The maximum Gasteiger partial charge on any atom is 0.228 e. The summed E-state index contributed by atoms with van der Waals surface area (Å²) in [6.07, 6.45) is 4.23. The standard InChI is InChI=1S/C16H20N4O/c1-12(11-20-9-5-8-17-20)18-14-10-16(21)19(2)15-7-4-3-6-13(14)15/h3-9,12,14,18H,10-11H2,1-2H3. The largest absolute Gasteiger partial charge is 0.315 e. The summed E-state index contributed by atoms with van der Waals surface area (Å²) in [4.78, 5) is 13.9. The zero-order valence-electron chi connectivity index (χ0n) is 12.4. The van der Waals surface area contributed by atoms with Gasteiger partial charge in [-0.1, -0.05) is 18.2 Å². The van der Waals surface area contributed by atoms with E-state index in [1.54, 1.807) is 11.1 Å². The summed E-state index contributed by atoms with van der Waals surface area (Å²) in [5, 5.41) is 7.78. The molecule has 0 fully saturated rings. The predicted molar refractivity (Wildman–Crippen MR) is 82.0 cm³/mol. The number of rotatable bonds is 4. The van der Waals surface area contributed by atoms with Crippen LogP contribution in [0.1, 0.15) is 24.9 Å². The van der Waals surface area contributed by atoms with Gasteiger partial charge in [0.2, 0.25) is 5.91 Å². The van der Waals surface area contributed by atoms with E-state index in [1.807, 2.05) is 42.2 Å². The molecular weight excluding hydrogens is 264 g/mol. The van der Waals surface area contributed by atoms with Crippen LogP contribution in [0.15, 0.2) is 42.7 Å². The van der Waals surface area contributed by atoms with Gasteiger partial charge in [-0.15, -0.1) is 0 Å². The lowest BCUT2D eigenvalue weighted by molar-refractivity contribution is -0.119. The summed E-state index contributed by atoms with van der Waals surface area (Å²) >= 11 is 0. The van der Waals surface area contributed by atoms with Crippen LogP contribution in [-0.4, -0.2) is 28.8 Å². The van der Waals surface area contributed by atoms with Gasteiger partial charge in [-0.2, -0.15) is 5.10 Å². The molecule has 3 rings (SSSR count). The van der Waals surface area contributed by atoms with Gasteiger partial charge >= 0.3 is 0 Å². The number of aromatic nitrogens is 2. The molecular formula is C16H20N4O. The lowest BCUT2D eigenvalue weighted by atomic mass is 9.95. The van der Waals surface area contributed by atoms with Crippen LogP contribution in [0.3, 0.4) is 0 Å². The number of amides is 1. The Morgan fingerprint density at radius 3 is 2.95 bits per heavy atom. The summed E-state index contributed by atoms with van der Waals surface area (Å²) in [5.41, 5.74) is 2.18. The Morgan fingerprint density at radius 2 is 2.19 bits per heavy atom. The minimum absolute atomic E-state index is 0.0652. The van der Waals surface area contributed by atoms with Gasteiger partial charge in [-0.25, -0.2) is 0 Å². The Labute approximate surface area is 124 Å². The van der Waals surface area contributed by atoms with Crippen molar-refractivity contribution in [1.82, 2.24) is 15.1 Å². The molecule has 1 aliphatic rings. The third-order valence-electron chi connectivity index (χ3n) is 3.93. The smallest absolute Gasteiger partial charge is 0.228 e. The van der Waals surface area contributed by atoms with E-state index in [-0.39, 0.29) is 18.0 Å². The zero-order valence-corrected chi connectivity index (χ0v) is 12.4. The molecule has 5 nitrogen and oxygen atoms in total. The van der Waals surface area contributed by atoms with Crippen molar-refractivity contribution in [2.45, 2.75) is 32.0 Å². The molecule has 21 heavy (non-hydrogen) atoms. The molecule has 1 aliphatic heterocycles. The molecule has 1 aromatic heterocycles.